The van der Waals surface area contributed by atoms with E-state index in [1.165, 1.54) is 18.4 Å². The third-order valence-electron chi connectivity index (χ3n) is 3.27. The number of aryl methyl sites for hydroxylation is 2. The summed E-state index contributed by atoms with van der Waals surface area (Å²) < 4.78 is 0. The maximum atomic E-state index is 12.2. The minimum atomic E-state index is -1.36. The number of amides is 1. The Morgan fingerprint density at radius 1 is 1.36 bits per heavy atom. The molecule has 0 aliphatic rings. The molecule has 0 saturated heterocycles. The van der Waals surface area contributed by atoms with E-state index in [1.54, 1.807) is 11.4 Å². The third kappa shape index (κ3) is 3.05. The molecule has 0 radical (unpaired) electrons. The lowest BCUT2D eigenvalue weighted by Gasteiger charge is -2.04. The summed E-state index contributed by atoms with van der Waals surface area (Å²) in [6.07, 6.45) is 0. The van der Waals surface area contributed by atoms with E-state index in [-0.39, 0.29) is 5.69 Å². The Balaban J connectivity index is 2.34. The molecular formula is C16H15N3O2S. The molecule has 1 amide bonds. The van der Waals surface area contributed by atoms with Gasteiger partial charge in [-0.1, -0.05) is 23.8 Å². The molecule has 1 heterocycles. The summed E-state index contributed by atoms with van der Waals surface area (Å²) in [5, 5.41) is 13.6. The second-order valence-corrected chi connectivity index (χ2v) is 5.75. The molecule has 2 aromatic rings. The SMILES string of the molecule is CNC(=O)C(C#N)C(=O)c1csc(-c2ccc(C)cc2C)n1. The largest absolute Gasteiger partial charge is 0.358 e. The van der Waals surface area contributed by atoms with Crippen LogP contribution in [0.15, 0.2) is 23.6 Å². The van der Waals surface area contributed by atoms with Crippen molar-refractivity contribution in [3.63, 3.8) is 0 Å². The first-order valence-electron chi connectivity index (χ1n) is 6.66. The molecule has 1 unspecified atom stereocenters. The second-order valence-electron chi connectivity index (χ2n) is 4.90. The van der Waals surface area contributed by atoms with Crippen LogP contribution in [0.4, 0.5) is 0 Å². The number of nitrogens with zero attached hydrogens (tertiary/aromatic N) is 2. The second kappa shape index (κ2) is 6.50. The molecule has 1 aromatic heterocycles. The van der Waals surface area contributed by atoms with Crippen molar-refractivity contribution in [1.82, 2.24) is 10.3 Å². The summed E-state index contributed by atoms with van der Waals surface area (Å²) in [6, 6.07) is 7.70. The number of aromatic nitrogens is 1. The van der Waals surface area contributed by atoms with E-state index in [0.717, 1.165) is 16.7 Å². The van der Waals surface area contributed by atoms with Crippen LogP contribution >= 0.6 is 11.3 Å². The fourth-order valence-electron chi connectivity index (χ4n) is 2.09. The van der Waals surface area contributed by atoms with Crippen LogP contribution in [-0.4, -0.2) is 23.7 Å². The Bertz CT molecular complexity index is 774. The number of thiazole rings is 1. The average Bonchev–Trinajstić information content (AvgIpc) is 2.97. The maximum Gasteiger partial charge on any atom is 0.245 e. The summed E-state index contributed by atoms with van der Waals surface area (Å²) in [7, 11) is 1.39. The summed E-state index contributed by atoms with van der Waals surface area (Å²) >= 11 is 1.33. The minimum absolute atomic E-state index is 0.148. The van der Waals surface area contributed by atoms with E-state index in [2.05, 4.69) is 10.3 Å². The van der Waals surface area contributed by atoms with E-state index in [9.17, 15) is 9.59 Å². The van der Waals surface area contributed by atoms with Gasteiger partial charge in [-0.3, -0.25) is 9.59 Å². The van der Waals surface area contributed by atoms with Gasteiger partial charge in [-0.2, -0.15) is 5.26 Å². The molecule has 1 aromatic carbocycles. The number of carbonyl (C=O) groups excluding carboxylic acids is 2. The number of nitrogens with one attached hydrogen (secondary N) is 1. The van der Waals surface area contributed by atoms with Gasteiger partial charge in [0.15, 0.2) is 5.92 Å². The van der Waals surface area contributed by atoms with E-state index in [1.807, 2.05) is 32.0 Å². The van der Waals surface area contributed by atoms with Crippen molar-refractivity contribution in [3.05, 3.63) is 40.4 Å². The van der Waals surface area contributed by atoms with Crippen LogP contribution in [0.3, 0.4) is 0 Å². The molecule has 2 rings (SSSR count). The van der Waals surface area contributed by atoms with Crippen LogP contribution < -0.4 is 5.32 Å². The van der Waals surface area contributed by atoms with Crippen LogP contribution in [-0.2, 0) is 4.79 Å². The molecule has 5 nitrogen and oxygen atoms in total. The number of benzene rings is 1. The quantitative estimate of drug-likeness (QED) is 0.694. The predicted molar refractivity (Wildman–Crippen MR) is 84.5 cm³/mol. The highest BCUT2D eigenvalue weighted by Crippen LogP contribution is 2.28. The first-order valence-corrected chi connectivity index (χ1v) is 7.54. The van der Waals surface area contributed by atoms with Gasteiger partial charge >= 0.3 is 0 Å². The molecule has 0 saturated carbocycles. The molecule has 1 atom stereocenters. The van der Waals surface area contributed by atoms with Gasteiger partial charge in [-0.15, -0.1) is 11.3 Å². The average molecular weight is 313 g/mol. The van der Waals surface area contributed by atoms with Crippen molar-refractivity contribution < 1.29 is 9.59 Å². The van der Waals surface area contributed by atoms with Crippen molar-refractivity contribution in [2.24, 2.45) is 5.92 Å². The Hall–Kier alpha value is -2.52. The van der Waals surface area contributed by atoms with Gasteiger partial charge in [-0.25, -0.2) is 4.98 Å². The normalized spacial score (nSPS) is 11.5. The van der Waals surface area contributed by atoms with Crippen molar-refractivity contribution in [2.45, 2.75) is 13.8 Å². The fourth-order valence-corrected chi connectivity index (χ4v) is 2.99. The molecule has 22 heavy (non-hydrogen) atoms. The molecule has 112 valence electrons. The number of rotatable bonds is 4. The van der Waals surface area contributed by atoms with Crippen molar-refractivity contribution in [2.75, 3.05) is 7.05 Å². The molecule has 1 N–H and O–H groups in total. The van der Waals surface area contributed by atoms with Crippen molar-refractivity contribution >= 4 is 23.0 Å². The van der Waals surface area contributed by atoms with Gasteiger partial charge in [0.2, 0.25) is 11.7 Å². The summed E-state index contributed by atoms with van der Waals surface area (Å²) in [6.45, 7) is 3.99. The Labute approximate surface area is 132 Å². The molecule has 0 aliphatic carbocycles. The topological polar surface area (TPSA) is 82.9 Å². The predicted octanol–water partition coefficient (Wildman–Crippen LogP) is 2.50. The first kappa shape index (κ1) is 15.9. The monoisotopic (exact) mass is 313 g/mol. The molecule has 0 bridgehead atoms. The lowest BCUT2D eigenvalue weighted by atomic mass is 10.0. The van der Waals surface area contributed by atoms with Gasteiger partial charge in [0.1, 0.15) is 10.7 Å². The van der Waals surface area contributed by atoms with E-state index < -0.39 is 17.6 Å². The molecular weight excluding hydrogens is 298 g/mol. The highest BCUT2D eigenvalue weighted by molar-refractivity contribution is 7.13. The fraction of sp³-hybridized carbons (Fsp3) is 0.250. The van der Waals surface area contributed by atoms with Crippen LogP contribution in [0.2, 0.25) is 0 Å². The molecule has 0 spiro atoms. The maximum absolute atomic E-state index is 12.2. The van der Waals surface area contributed by atoms with Crippen LogP contribution in [0, 0.1) is 31.1 Å². The molecule has 0 fully saturated rings. The minimum Gasteiger partial charge on any atom is -0.358 e. The zero-order chi connectivity index (χ0) is 16.3. The lowest BCUT2D eigenvalue weighted by molar-refractivity contribution is -0.121. The van der Waals surface area contributed by atoms with Crippen LogP contribution in [0.5, 0.6) is 0 Å². The lowest BCUT2D eigenvalue weighted by Crippen LogP contribution is -2.32. The van der Waals surface area contributed by atoms with Crippen molar-refractivity contribution in [1.29, 1.82) is 5.26 Å². The zero-order valence-electron chi connectivity index (χ0n) is 12.5. The van der Waals surface area contributed by atoms with Gasteiger partial charge < -0.3 is 5.32 Å². The molecule has 6 heteroatoms. The van der Waals surface area contributed by atoms with E-state index >= 15 is 0 Å². The highest BCUT2D eigenvalue weighted by Gasteiger charge is 2.28. The number of ketones is 1. The van der Waals surface area contributed by atoms with Crippen LogP contribution in [0.25, 0.3) is 10.6 Å². The Morgan fingerprint density at radius 2 is 2.09 bits per heavy atom. The molecule has 0 aliphatic heterocycles. The zero-order valence-corrected chi connectivity index (χ0v) is 13.3. The van der Waals surface area contributed by atoms with Crippen molar-refractivity contribution in [3.8, 4) is 16.6 Å². The number of hydrogen-bond acceptors (Lipinski definition) is 5. The highest BCUT2D eigenvalue weighted by atomic mass is 32.1. The number of Topliss-reactive ketones (excluding diaryl/α,β-unsaturated/α-hetero) is 1. The number of hydrogen-bond donors (Lipinski definition) is 1. The van der Waals surface area contributed by atoms with Gasteiger partial charge in [-0.05, 0) is 19.4 Å². The van der Waals surface area contributed by atoms with Crippen LogP contribution in [0.1, 0.15) is 21.6 Å². The third-order valence-corrected chi connectivity index (χ3v) is 4.14. The van der Waals surface area contributed by atoms with Gasteiger partial charge in [0.05, 0.1) is 6.07 Å². The van der Waals surface area contributed by atoms with Gasteiger partial charge in [0.25, 0.3) is 0 Å². The summed E-state index contributed by atoms with van der Waals surface area (Å²) in [5.41, 5.74) is 3.31. The number of carbonyl (C=O) groups is 2. The summed E-state index contributed by atoms with van der Waals surface area (Å²) in [5.74, 6) is -2.55. The van der Waals surface area contributed by atoms with E-state index in [0.29, 0.717) is 5.01 Å². The van der Waals surface area contributed by atoms with Gasteiger partial charge in [0, 0.05) is 18.0 Å². The standard InChI is InChI=1S/C16H15N3O2S/c1-9-4-5-11(10(2)6-9)16-19-13(8-22-16)14(20)12(7-17)15(21)18-3/h4-6,8,12H,1-3H3,(H,18,21). The first-order chi connectivity index (χ1) is 10.5. The van der Waals surface area contributed by atoms with E-state index in [4.69, 9.17) is 5.26 Å². The Morgan fingerprint density at radius 3 is 2.68 bits per heavy atom. The number of nitriles is 1. The summed E-state index contributed by atoms with van der Waals surface area (Å²) in [4.78, 5) is 28.1. The Kier molecular flexibility index (Phi) is 4.68. The smallest absolute Gasteiger partial charge is 0.245 e.